The maximum atomic E-state index is 13.5. The molecule has 33 heavy (non-hydrogen) atoms. The molecule has 176 valence electrons. The van der Waals surface area contributed by atoms with Gasteiger partial charge in [0.2, 0.25) is 5.91 Å². The first-order valence-electron chi connectivity index (χ1n) is 11.9. The van der Waals surface area contributed by atoms with Crippen molar-refractivity contribution in [1.29, 1.82) is 0 Å². The number of fused-ring (bicyclic) bond motifs is 1. The first kappa shape index (κ1) is 24.6. The molecule has 0 aliphatic heterocycles. The molecule has 0 saturated carbocycles. The van der Waals surface area contributed by atoms with Crippen molar-refractivity contribution in [2.75, 3.05) is 20.3 Å². The summed E-state index contributed by atoms with van der Waals surface area (Å²) in [4.78, 5) is 33.4. The lowest BCUT2D eigenvalue weighted by Crippen LogP contribution is -2.39. The van der Waals surface area contributed by atoms with Gasteiger partial charge < -0.3 is 9.64 Å². The second kappa shape index (κ2) is 12.3. The number of carbonyl (C=O) groups is 1. The lowest BCUT2D eigenvalue weighted by molar-refractivity contribution is -0.134. The molecule has 0 saturated heterocycles. The maximum Gasteiger partial charge on any atom is 0.261 e. The Morgan fingerprint density at radius 3 is 2.52 bits per heavy atom. The van der Waals surface area contributed by atoms with Crippen LogP contribution in [0.4, 0.5) is 0 Å². The molecule has 1 amide bonds. The van der Waals surface area contributed by atoms with Crippen molar-refractivity contribution in [3.8, 4) is 0 Å². The molecule has 3 rings (SSSR count). The highest BCUT2D eigenvalue weighted by Crippen LogP contribution is 2.22. The third-order valence-corrected chi connectivity index (χ3v) is 6.02. The fourth-order valence-electron chi connectivity index (χ4n) is 4.13. The number of carbonyl (C=O) groups excluding carboxylic acids is 1. The third-order valence-electron chi connectivity index (χ3n) is 6.02. The number of unbranched alkanes of at least 4 members (excludes halogenated alkanes) is 3. The number of ether oxygens (including phenoxy) is 1. The van der Waals surface area contributed by atoms with Crippen LogP contribution in [0.5, 0.6) is 0 Å². The van der Waals surface area contributed by atoms with Gasteiger partial charge in [-0.2, -0.15) is 0 Å². The summed E-state index contributed by atoms with van der Waals surface area (Å²) >= 11 is 0. The van der Waals surface area contributed by atoms with Gasteiger partial charge in [0.25, 0.3) is 5.56 Å². The topological polar surface area (TPSA) is 64.4 Å². The predicted molar refractivity (Wildman–Crippen MR) is 132 cm³/mol. The van der Waals surface area contributed by atoms with Gasteiger partial charge in [-0.15, -0.1) is 0 Å². The zero-order valence-corrected chi connectivity index (χ0v) is 20.0. The summed E-state index contributed by atoms with van der Waals surface area (Å²) in [5.41, 5.74) is 1.57. The highest BCUT2D eigenvalue weighted by atomic mass is 16.5. The molecule has 1 heterocycles. The van der Waals surface area contributed by atoms with Crippen LogP contribution in [0.25, 0.3) is 10.9 Å². The average Bonchev–Trinajstić information content (AvgIpc) is 2.84. The Kier molecular flexibility index (Phi) is 9.19. The van der Waals surface area contributed by atoms with Gasteiger partial charge in [-0.3, -0.25) is 14.2 Å². The van der Waals surface area contributed by atoms with Crippen molar-refractivity contribution < 1.29 is 9.53 Å². The van der Waals surface area contributed by atoms with E-state index in [1.165, 1.54) is 0 Å². The van der Waals surface area contributed by atoms with E-state index >= 15 is 0 Å². The molecule has 1 unspecified atom stereocenters. The van der Waals surface area contributed by atoms with Crippen molar-refractivity contribution >= 4 is 16.8 Å². The van der Waals surface area contributed by atoms with Crippen LogP contribution in [0.3, 0.4) is 0 Å². The zero-order chi connectivity index (χ0) is 23.6. The molecule has 3 aromatic rings. The summed E-state index contributed by atoms with van der Waals surface area (Å²) < 4.78 is 7.00. The molecule has 1 aromatic heterocycles. The number of hydrogen-bond donors (Lipinski definition) is 0. The van der Waals surface area contributed by atoms with Crippen molar-refractivity contribution in [3.63, 3.8) is 0 Å². The second-order valence-electron chi connectivity index (χ2n) is 8.43. The lowest BCUT2D eigenvalue weighted by Gasteiger charge is -2.30. The highest BCUT2D eigenvalue weighted by molar-refractivity contribution is 5.78. The van der Waals surface area contributed by atoms with Gasteiger partial charge in [0.05, 0.1) is 30.1 Å². The van der Waals surface area contributed by atoms with Crippen molar-refractivity contribution in [2.24, 2.45) is 0 Å². The molecular formula is C27H35N3O3. The number of methoxy groups -OCH3 is 1. The van der Waals surface area contributed by atoms with E-state index in [4.69, 9.17) is 9.72 Å². The van der Waals surface area contributed by atoms with Gasteiger partial charge in [-0.25, -0.2) is 4.98 Å². The molecule has 6 nitrogen and oxygen atoms in total. The Morgan fingerprint density at radius 2 is 1.79 bits per heavy atom. The number of rotatable bonds is 12. The smallest absolute Gasteiger partial charge is 0.261 e. The Hall–Kier alpha value is -2.99. The Bertz CT molecular complexity index is 1090. The second-order valence-corrected chi connectivity index (χ2v) is 8.43. The first-order chi connectivity index (χ1) is 16.1. The SMILES string of the molecule is CCCCCCC(=O)N(CCOC)C(C)c1nc2ccccc2c(=O)n1Cc1ccccc1. The number of hydrogen-bond acceptors (Lipinski definition) is 4. The minimum atomic E-state index is -0.361. The van der Waals surface area contributed by atoms with E-state index in [0.717, 1.165) is 31.2 Å². The molecule has 0 fully saturated rings. The normalized spacial score (nSPS) is 12.1. The monoisotopic (exact) mass is 449 g/mol. The minimum absolute atomic E-state index is 0.0734. The summed E-state index contributed by atoms with van der Waals surface area (Å²) in [7, 11) is 1.63. The number of aromatic nitrogens is 2. The van der Waals surface area contributed by atoms with Crippen LogP contribution < -0.4 is 5.56 Å². The summed E-state index contributed by atoms with van der Waals surface area (Å²) in [6.07, 6.45) is 4.66. The van der Waals surface area contributed by atoms with Crippen LogP contribution in [-0.4, -0.2) is 40.6 Å². The molecule has 0 radical (unpaired) electrons. The Morgan fingerprint density at radius 1 is 1.06 bits per heavy atom. The van der Waals surface area contributed by atoms with E-state index in [-0.39, 0.29) is 17.5 Å². The molecule has 0 spiro atoms. The molecule has 2 aromatic carbocycles. The van der Waals surface area contributed by atoms with Crippen molar-refractivity contribution in [1.82, 2.24) is 14.5 Å². The van der Waals surface area contributed by atoms with Crippen LogP contribution in [0.1, 0.15) is 63.4 Å². The summed E-state index contributed by atoms with van der Waals surface area (Å²) in [6.45, 7) is 5.41. The van der Waals surface area contributed by atoms with Crippen LogP contribution in [0.15, 0.2) is 59.4 Å². The highest BCUT2D eigenvalue weighted by Gasteiger charge is 2.26. The van der Waals surface area contributed by atoms with Crippen LogP contribution in [0.2, 0.25) is 0 Å². The van der Waals surface area contributed by atoms with Gasteiger partial charge in [0.1, 0.15) is 5.82 Å². The van der Waals surface area contributed by atoms with E-state index in [9.17, 15) is 9.59 Å². The largest absolute Gasteiger partial charge is 0.383 e. The number of benzene rings is 2. The van der Waals surface area contributed by atoms with Gasteiger partial charge >= 0.3 is 0 Å². The van der Waals surface area contributed by atoms with E-state index in [2.05, 4.69) is 6.92 Å². The molecule has 6 heteroatoms. The molecule has 0 aliphatic rings. The van der Waals surface area contributed by atoms with Gasteiger partial charge in [0.15, 0.2) is 0 Å². The van der Waals surface area contributed by atoms with E-state index in [1.54, 1.807) is 11.7 Å². The predicted octanol–water partition coefficient (Wildman–Crippen LogP) is 4.95. The van der Waals surface area contributed by atoms with E-state index < -0.39 is 0 Å². The van der Waals surface area contributed by atoms with Crippen molar-refractivity contribution in [2.45, 2.75) is 58.5 Å². The molecule has 0 N–H and O–H groups in total. The number of para-hydroxylation sites is 1. The van der Waals surface area contributed by atoms with Crippen LogP contribution >= 0.6 is 0 Å². The number of nitrogens with zero attached hydrogens (tertiary/aromatic N) is 3. The Labute approximate surface area is 196 Å². The molecule has 1 atom stereocenters. The summed E-state index contributed by atoms with van der Waals surface area (Å²) in [5, 5.41) is 0.582. The first-order valence-corrected chi connectivity index (χ1v) is 11.9. The van der Waals surface area contributed by atoms with Crippen LogP contribution in [-0.2, 0) is 16.1 Å². The average molecular weight is 450 g/mol. The fourth-order valence-corrected chi connectivity index (χ4v) is 4.13. The maximum absolute atomic E-state index is 13.5. The quantitative estimate of drug-likeness (QED) is 0.367. The van der Waals surface area contributed by atoms with Crippen LogP contribution in [0, 0.1) is 0 Å². The molecule has 0 aliphatic carbocycles. The Balaban J connectivity index is 2.01. The lowest BCUT2D eigenvalue weighted by atomic mass is 10.1. The standard InChI is InChI=1S/C27H35N3O3/c1-4-5-6-10-17-25(31)29(18-19-33-3)21(2)26-28-24-16-12-11-15-23(24)27(32)30(26)20-22-13-8-7-9-14-22/h7-9,11-16,21H,4-6,10,17-20H2,1-3H3. The molecule has 0 bridgehead atoms. The van der Waals surface area contributed by atoms with Crippen molar-refractivity contribution in [3.05, 3.63) is 76.3 Å². The van der Waals surface area contributed by atoms with Gasteiger partial charge in [0, 0.05) is 20.1 Å². The summed E-state index contributed by atoms with van der Waals surface area (Å²) in [5.74, 6) is 0.671. The minimum Gasteiger partial charge on any atom is -0.383 e. The molecular weight excluding hydrogens is 414 g/mol. The fraction of sp³-hybridized carbons (Fsp3) is 0.444. The van der Waals surface area contributed by atoms with E-state index in [0.29, 0.717) is 42.8 Å². The van der Waals surface area contributed by atoms with E-state index in [1.807, 2.05) is 66.4 Å². The zero-order valence-electron chi connectivity index (χ0n) is 20.0. The number of amides is 1. The van der Waals surface area contributed by atoms with Gasteiger partial charge in [-0.1, -0.05) is 68.7 Å². The summed E-state index contributed by atoms with van der Waals surface area (Å²) in [6, 6.07) is 16.9. The van der Waals surface area contributed by atoms with Gasteiger partial charge in [-0.05, 0) is 31.0 Å². The third kappa shape index (κ3) is 6.29.